The second-order valence-corrected chi connectivity index (χ2v) is 3.00. The van der Waals surface area contributed by atoms with Crippen LogP contribution in [0.5, 0.6) is 0 Å². The van der Waals surface area contributed by atoms with Gasteiger partial charge in [-0.1, -0.05) is 0 Å². The average molecular weight is 207 g/mol. The third kappa shape index (κ3) is 8.40. The van der Waals surface area contributed by atoms with Crippen LogP contribution in [0.15, 0.2) is 0 Å². The molecule has 0 aromatic rings. The van der Waals surface area contributed by atoms with Crippen LogP contribution in [0.4, 0.5) is 0 Å². The minimum Gasteiger partial charge on any atom is -0.394 e. The summed E-state index contributed by atoms with van der Waals surface area (Å²) >= 11 is 0. The highest BCUT2D eigenvalue weighted by Gasteiger charge is 2.08. The normalized spacial score (nSPS) is 15.4. The van der Waals surface area contributed by atoms with Crippen LogP contribution >= 0.6 is 0 Å². The molecule has 0 heterocycles. The van der Waals surface area contributed by atoms with Crippen molar-refractivity contribution >= 4 is 0 Å². The van der Waals surface area contributed by atoms with E-state index >= 15 is 0 Å². The first-order valence-corrected chi connectivity index (χ1v) is 4.92. The highest BCUT2D eigenvalue weighted by Crippen LogP contribution is 1.90. The summed E-state index contributed by atoms with van der Waals surface area (Å²) in [6.07, 6.45) is -0.687. The van der Waals surface area contributed by atoms with Crippen LogP contribution in [0.1, 0.15) is 13.8 Å². The summed E-state index contributed by atoms with van der Waals surface area (Å²) in [4.78, 5) is 0. The van der Waals surface area contributed by atoms with Gasteiger partial charge in [0.15, 0.2) is 0 Å². The number of nitrogens with one attached hydrogen (secondary N) is 1. The summed E-state index contributed by atoms with van der Waals surface area (Å²) in [6, 6.07) is 0. The third-order valence-corrected chi connectivity index (χ3v) is 1.52. The second-order valence-electron chi connectivity index (χ2n) is 3.00. The summed E-state index contributed by atoms with van der Waals surface area (Å²) < 4.78 is 10.4. The Morgan fingerprint density at radius 3 is 2.64 bits per heavy atom. The fourth-order valence-electron chi connectivity index (χ4n) is 0.888. The van der Waals surface area contributed by atoms with Gasteiger partial charge < -0.3 is 19.7 Å². The van der Waals surface area contributed by atoms with Crippen LogP contribution in [0.3, 0.4) is 0 Å². The van der Waals surface area contributed by atoms with Gasteiger partial charge in [-0.2, -0.15) is 0 Å². The molecule has 0 aliphatic heterocycles. The molecule has 0 saturated carbocycles. The zero-order chi connectivity index (χ0) is 10.8. The molecule has 0 aliphatic carbocycles. The Morgan fingerprint density at radius 2 is 2.14 bits per heavy atom. The minimum absolute atomic E-state index is 0.0149. The molecule has 5 heteroatoms. The number of hydrogen-bond donors (Lipinski definition) is 3. The molecule has 2 unspecified atom stereocenters. The number of aliphatic hydroxyl groups excluding tert-OH is 2. The Bertz CT molecular complexity index is 113. The van der Waals surface area contributed by atoms with E-state index in [4.69, 9.17) is 19.7 Å². The molecule has 0 aromatic carbocycles. The summed E-state index contributed by atoms with van der Waals surface area (Å²) in [6.45, 7) is 5.33. The van der Waals surface area contributed by atoms with Crippen LogP contribution in [-0.4, -0.2) is 55.5 Å². The van der Waals surface area contributed by atoms with E-state index in [0.29, 0.717) is 19.8 Å². The summed E-state index contributed by atoms with van der Waals surface area (Å²) in [7, 11) is 0. The molecule has 14 heavy (non-hydrogen) atoms. The number of ether oxygens (including phenoxy) is 2. The zero-order valence-electron chi connectivity index (χ0n) is 8.90. The smallest absolute Gasteiger partial charge is 0.131 e. The largest absolute Gasteiger partial charge is 0.394 e. The molecule has 86 valence electrons. The van der Waals surface area contributed by atoms with Gasteiger partial charge in [-0.05, 0) is 13.8 Å². The molecule has 0 aromatic heterocycles. The molecule has 0 amide bonds. The lowest BCUT2D eigenvalue weighted by molar-refractivity contribution is -0.0453. The van der Waals surface area contributed by atoms with E-state index in [1.807, 2.05) is 6.92 Å². The maximum Gasteiger partial charge on any atom is 0.131 e. The molecular formula is C9H21NO4. The highest BCUT2D eigenvalue weighted by atomic mass is 16.5. The van der Waals surface area contributed by atoms with Gasteiger partial charge in [0.25, 0.3) is 0 Å². The van der Waals surface area contributed by atoms with Crippen molar-refractivity contribution in [1.29, 1.82) is 0 Å². The molecule has 0 bridgehead atoms. The maximum atomic E-state index is 9.04. The summed E-state index contributed by atoms with van der Waals surface area (Å²) in [5, 5.41) is 20.6. The SMILES string of the molecule is CCOCC(NCC(C)O)OCCO. The van der Waals surface area contributed by atoms with Gasteiger partial charge in [0.05, 0.1) is 25.9 Å². The molecular weight excluding hydrogens is 186 g/mol. The van der Waals surface area contributed by atoms with Crippen LogP contribution in [0, 0.1) is 0 Å². The number of rotatable bonds is 9. The zero-order valence-corrected chi connectivity index (χ0v) is 8.90. The van der Waals surface area contributed by atoms with Gasteiger partial charge in [-0.25, -0.2) is 0 Å². The van der Waals surface area contributed by atoms with E-state index in [1.54, 1.807) is 6.92 Å². The van der Waals surface area contributed by atoms with Crippen LogP contribution in [0.25, 0.3) is 0 Å². The molecule has 0 rings (SSSR count). The lowest BCUT2D eigenvalue weighted by Crippen LogP contribution is -2.40. The fraction of sp³-hybridized carbons (Fsp3) is 1.00. The Balaban J connectivity index is 3.60. The van der Waals surface area contributed by atoms with Crippen molar-refractivity contribution in [2.24, 2.45) is 0 Å². The van der Waals surface area contributed by atoms with Gasteiger partial charge in [0, 0.05) is 13.2 Å². The predicted octanol–water partition coefficient (Wildman–Crippen LogP) is -0.672. The topological polar surface area (TPSA) is 71.0 Å². The van der Waals surface area contributed by atoms with Gasteiger partial charge in [0.2, 0.25) is 0 Å². The summed E-state index contributed by atoms with van der Waals surface area (Å²) in [5.41, 5.74) is 0. The predicted molar refractivity (Wildman–Crippen MR) is 53.0 cm³/mol. The van der Waals surface area contributed by atoms with Crippen molar-refractivity contribution in [3.8, 4) is 0 Å². The standard InChI is InChI=1S/C9H21NO4/c1-3-13-7-9(14-5-4-11)10-6-8(2)12/h8-12H,3-7H2,1-2H3. The fourth-order valence-corrected chi connectivity index (χ4v) is 0.888. The molecule has 5 nitrogen and oxygen atoms in total. The number of hydrogen-bond acceptors (Lipinski definition) is 5. The molecule has 3 N–H and O–H groups in total. The monoisotopic (exact) mass is 207 g/mol. The van der Waals surface area contributed by atoms with Gasteiger partial charge >= 0.3 is 0 Å². The van der Waals surface area contributed by atoms with Crippen molar-refractivity contribution < 1.29 is 19.7 Å². The van der Waals surface area contributed by atoms with Crippen molar-refractivity contribution in [3.63, 3.8) is 0 Å². The average Bonchev–Trinajstić information content (AvgIpc) is 2.16. The molecule has 0 radical (unpaired) electrons. The first-order valence-electron chi connectivity index (χ1n) is 4.92. The van der Waals surface area contributed by atoms with E-state index in [-0.39, 0.29) is 19.4 Å². The summed E-state index contributed by atoms with van der Waals surface area (Å²) in [5.74, 6) is 0. The Hall–Kier alpha value is -0.200. The number of aliphatic hydroxyl groups is 2. The van der Waals surface area contributed by atoms with Crippen molar-refractivity contribution in [3.05, 3.63) is 0 Å². The third-order valence-electron chi connectivity index (χ3n) is 1.52. The Morgan fingerprint density at radius 1 is 1.43 bits per heavy atom. The van der Waals surface area contributed by atoms with Crippen LogP contribution in [-0.2, 0) is 9.47 Å². The second kappa shape index (κ2) is 9.36. The lowest BCUT2D eigenvalue weighted by Gasteiger charge is -2.19. The van der Waals surface area contributed by atoms with Crippen molar-refractivity contribution in [2.45, 2.75) is 26.2 Å². The van der Waals surface area contributed by atoms with Gasteiger partial charge in [-0.15, -0.1) is 0 Å². The highest BCUT2D eigenvalue weighted by molar-refractivity contribution is 4.58. The van der Waals surface area contributed by atoms with Crippen LogP contribution in [0.2, 0.25) is 0 Å². The molecule has 0 spiro atoms. The first-order chi connectivity index (χ1) is 6.70. The minimum atomic E-state index is -0.420. The van der Waals surface area contributed by atoms with E-state index in [0.717, 1.165) is 0 Å². The molecule has 0 fully saturated rings. The van der Waals surface area contributed by atoms with Crippen molar-refractivity contribution in [2.75, 3.05) is 33.0 Å². The van der Waals surface area contributed by atoms with E-state index in [1.165, 1.54) is 0 Å². The Kier molecular flexibility index (Phi) is 9.23. The quantitative estimate of drug-likeness (QED) is 0.437. The van der Waals surface area contributed by atoms with Crippen LogP contribution < -0.4 is 5.32 Å². The maximum absolute atomic E-state index is 9.04. The molecule has 0 aliphatic rings. The van der Waals surface area contributed by atoms with E-state index in [2.05, 4.69) is 5.32 Å². The van der Waals surface area contributed by atoms with Gasteiger partial charge in [0.1, 0.15) is 6.23 Å². The van der Waals surface area contributed by atoms with Crippen molar-refractivity contribution in [1.82, 2.24) is 5.32 Å². The molecule has 2 atom stereocenters. The Labute approximate surface area is 85.0 Å². The van der Waals surface area contributed by atoms with E-state index in [9.17, 15) is 0 Å². The van der Waals surface area contributed by atoms with Gasteiger partial charge in [-0.3, -0.25) is 5.32 Å². The van der Waals surface area contributed by atoms with E-state index < -0.39 is 6.10 Å². The molecule has 0 saturated heterocycles. The first kappa shape index (κ1) is 13.8. The lowest BCUT2D eigenvalue weighted by atomic mass is 10.4.